The van der Waals surface area contributed by atoms with Gasteiger partial charge in [-0.15, -0.1) is 0 Å². The maximum absolute atomic E-state index is 11.2. The van der Waals surface area contributed by atoms with E-state index in [4.69, 9.17) is 9.84 Å². The van der Waals surface area contributed by atoms with E-state index < -0.39 is 0 Å². The Morgan fingerprint density at radius 3 is 3.08 bits per heavy atom. The third-order valence-electron chi connectivity index (χ3n) is 2.18. The van der Waals surface area contributed by atoms with Crippen molar-refractivity contribution in [2.24, 2.45) is 0 Å². The lowest BCUT2D eigenvalue weighted by Gasteiger charge is -2.10. The molecule has 76 valence electrons. The van der Waals surface area contributed by atoms with E-state index in [1.165, 1.54) is 0 Å². The van der Waals surface area contributed by atoms with Gasteiger partial charge >= 0.3 is 6.09 Å². The first-order valence-corrected chi connectivity index (χ1v) is 4.84. The third-order valence-corrected chi connectivity index (χ3v) is 2.18. The molecule has 0 radical (unpaired) electrons. The van der Waals surface area contributed by atoms with Crippen LogP contribution in [0.3, 0.4) is 0 Å². The second-order valence-corrected chi connectivity index (χ2v) is 3.32. The van der Waals surface area contributed by atoms with E-state index >= 15 is 0 Å². The Bertz CT molecular complexity index is 172. The van der Waals surface area contributed by atoms with E-state index in [-0.39, 0.29) is 18.8 Å². The van der Waals surface area contributed by atoms with Crippen molar-refractivity contribution in [3.8, 4) is 0 Å². The van der Waals surface area contributed by atoms with Crippen molar-refractivity contribution in [2.75, 3.05) is 19.7 Å². The summed E-state index contributed by atoms with van der Waals surface area (Å²) in [6, 6.07) is 0. The lowest BCUT2D eigenvalue weighted by molar-refractivity contribution is 0.117. The summed E-state index contributed by atoms with van der Waals surface area (Å²) in [6.45, 7) is 3.59. The first-order chi connectivity index (χ1) is 6.27. The van der Waals surface area contributed by atoms with E-state index in [0.29, 0.717) is 13.0 Å². The van der Waals surface area contributed by atoms with Crippen LogP contribution in [-0.4, -0.2) is 41.9 Å². The van der Waals surface area contributed by atoms with Crippen LogP contribution in [0.25, 0.3) is 0 Å². The number of ether oxygens (including phenoxy) is 1. The molecule has 0 aromatic heterocycles. The van der Waals surface area contributed by atoms with Gasteiger partial charge in [0.05, 0.1) is 6.54 Å². The summed E-state index contributed by atoms with van der Waals surface area (Å²) in [5.74, 6) is 0. The predicted octanol–water partition coefficient (Wildman–Crippen LogP) is 0.990. The van der Waals surface area contributed by atoms with Crippen LogP contribution < -0.4 is 0 Å². The summed E-state index contributed by atoms with van der Waals surface area (Å²) in [4.78, 5) is 12.9. The summed E-state index contributed by atoms with van der Waals surface area (Å²) in [5, 5.41) is 8.67. The fourth-order valence-electron chi connectivity index (χ4n) is 1.40. The van der Waals surface area contributed by atoms with E-state index in [0.717, 1.165) is 19.4 Å². The average Bonchev–Trinajstić information content (AvgIpc) is 2.44. The molecule has 0 bridgehead atoms. The van der Waals surface area contributed by atoms with Gasteiger partial charge in [0, 0.05) is 19.6 Å². The number of amides is 1. The molecular formula is C9H17NO3. The highest BCUT2D eigenvalue weighted by Crippen LogP contribution is 2.14. The minimum atomic E-state index is -0.230. The Hall–Kier alpha value is -0.770. The Labute approximate surface area is 78.5 Å². The SMILES string of the molecule is CCCCN1C[C@H](CCO)OC1=O. The Balaban J connectivity index is 2.28. The Morgan fingerprint density at radius 2 is 2.46 bits per heavy atom. The molecule has 1 heterocycles. The van der Waals surface area contributed by atoms with Crippen molar-refractivity contribution >= 4 is 6.09 Å². The number of nitrogens with zero attached hydrogens (tertiary/aromatic N) is 1. The number of cyclic esters (lactones) is 1. The van der Waals surface area contributed by atoms with E-state index in [1.54, 1.807) is 4.90 Å². The molecule has 1 fully saturated rings. The molecule has 0 unspecified atom stereocenters. The van der Waals surface area contributed by atoms with Crippen molar-refractivity contribution in [1.82, 2.24) is 4.90 Å². The highest BCUT2D eigenvalue weighted by Gasteiger charge is 2.29. The van der Waals surface area contributed by atoms with Crippen molar-refractivity contribution in [3.05, 3.63) is 0 Å². The first kappa shape index (κ1) is 10.3. The van der Waals surface area contributed by atoms with Gasteiger partial charge in [0.15, 0.2) is 0 Å². The van der Waals surface area contributed by atoms with Crippen molar-refractivity contribution in [1.29, 1.82) is 0 Å². The van der Waals surface area contributed by atoms with Crippen LogP contribution in [-0.2, 0) is 4.74 Å². The molecule has 0 aliphatic carbocycles. The summed E-state index contributed by atoms with van der Waals surface area (Å²) < 4.78 is 5.04. The van der Waals surface area contributed by atoms with Crippen molar-refractivity contribution < 1.29 is 14.6 Å². The van der Waals surface area contributed by atoms with Crippen LogP contribution >= 0.6 is 0 Å². The summed E-state index contributed by atoms with van der Waals surface area (Å²) in [5.41, 5.74) is 0. The van der Waals surface area contributed by atoms with Crippen LogP contribution in [0.15, 0.2) is 0 Å². The molecule has 1 rings (SSSR count). The minimum Gasteiger partial charge on any atom is -0.444 e. The topological polar surface area (TPSA) is 49.8 Å². The molecule has 1 aliphatic heterocycles. The number of unbranched alkanes of at least 4 members (excludes halogenated alkanes) is 1. The van der Waals surface area contributed by atoms with E-state index in [1.807, 2.05) is 0 Å². The molecule has 0 aromatic carbocycles. The van der Waals surface area contributed by atoms with Gasteiger partial charge in [0.25, 0.3) is 0 Å². The molecule has 1 aliphatic rings. The van der Waals surface area contributed by atoms with E-state index in [2.05, 4.69) is 6.92 Å². The smallest absolute Gasteiger partial charge is 0.410 e. The van der Waals surface area contributed by atoms with Crippen molar-refractivity contribution in [2.45, 2.75) is 32.3 Å². The predicted molar refractivity (Wildman–Crippen MR) is 48.5 cm³/mol. The van der Waals surface area contributed by atoms with Crippen LogP contribution in [0.5, 0.6) is 0 Å². The minimum absolute atomic E-state index is 0.0829. The zero-order valence-electron chi connectivity index (χ0n) is 8.03. The molecule has 1 saturated heterocycles. The number of aliphatic hydroxyl groups excluding tert-OH is 1. The Morgan fingerprint density at radius 1 is 1.69 bits per heavy atom. The molecule has 4 nitrogen and oxygen atoms in total. The summed E-state index contributed by atoms with van der Waals surface area (Å²) in [7, 11) is 0. The molecular weight excluding hydrogens is 170 g/mol. The molecule has 4 heteroatoms. The van der Waals surface area contributed by atoms with Gasteiger partial charge in [0.1, 0.15) is 6.10 Å². The van der Waals surface area contributed by atoms with Gasteiger partial charge in [-0.1, -0.05) is 13.3 Å². The van der Waals surface area contributed by atoms with Crippen LogP contribution in [0.1, 0.15) is 26.2 Å². The van der Waals surface area contributed by atoms with Crippen LogP contribution in [0, 0.1) is 0 Å². The number of hydrogen-bond donors (Lipinski definition) is 1. The second kappa shape index (κ2) is 5.07. The number of carbonyl (C=O) groups is 1. The number of aliphatic hydroxyl groups is 1. The molecule has 13 heavy (non-hydrogen) atoms. The van der Waals surface area contributed by atoms with Crippen LogP contribution in [0.2, 0.25) is 0 Å². The number of hydrogen-bond acceptors (Lipinski definition) is 3. The highest BCUT2D eigenvalue weighted by atomic mass is 16.6. The van der Waals surface area contributed by atoms with Crippen molar-refractivity contribution in [3.63, 3.8) is 0 Å². The molecule has 1 atom stereocenters. The van der Waals surface area contributed by atoms with Crippen LogP contribution in [0.4, 0.5) is 4.79 Å². The van der Waals surface area contributed by atoms with Gasteiger partial charge in [0.2, 0.25) is 0 Å². The molecule has 0 saturated carbocycles. The molecule has 0 spiro atoms. The highest BCUT2D eigenvalue weighted by molar-refractivity contribution is 5.69. The normalized spacial score (nSPS) is 22.2. The quantitative estimate of drug-likeness (QED) is 0.698. The zero-order chi connectivity index (χ0) is 9.68. The fourth-order valence-corrected chi connectivity index (χ4v) is 1.40. The second-order valence-electron chi connectivity index (χ2n) is 3.32. The maximum Gasteiger partial charge on any atom is 0.410 e. The number of carbonyl (C=O) groups excluding carboxylic acids is 1. The standard InChI is InChI=1S/C9H17NO3/c1-2-3-5-10-7-8(4-6-11)13-9(10)12/h8,11H,2-7H2,1H3/t8-/m0/s1. The van der Waals surface area contributed by atoms with E-state index in [9.17, 15) is 4.79 Å². The largest absolute Gasteiger partial charge is 0.444 e. The lowest BCUT2D eigenvalue weighted by Crippen LogP contribution is -2.26. The van der Waals surface area contributed by atoms with Gasteiger partial charge in [-0.3, -0.25) is 0 Å². The summed E-state index contributed by atoms with van der Waals surface area (Å²) >= 11 is 0. The summed E-state index contributed by atoms with van der Waals surface area (Å²) in [6.07, 6.45) is 2.31. The maximum atomic E-state index is 11.2. The third kappa shape index (κ3) is 2.88. The van der Waals surface area contributed by atoms with Gasteiger partial charge in [-0.2, -0.15) is 0 Å². The fraction of sp³-hybridized carbons (Fsp3) is 0.889. The molecule has 1 N–H and O–H groups in total. The monoisotopic (exact) mass is 187 g/mol. The van der Waals surface area contributed by atoms with Gasteiger partial charge < -0.3 is 14.7 Å². The zero-order valence-corrected chi connectivity index (χ0v) is 8.03. The van der Waals surface area contributed by atoms with Gasteiger partial charge in [-0.25, -0.2) is 4.79 Å². The Kier molecular flexibility index (Phi) is 4.02. The van der Waals surface area contributed by atoms with Gasteiger partial charge in [-0.05, 0) is 6.42 Å². The molecule has 1 amide bonds. The molecule has 0 aromatic rings. The average molecular weight is 187 g/mol. The first-order valence-electron chi connectivity index (χ1n) is 4.84. The number of rotatable bonds is 5. The lowest BCUT2D eigenvalue weighted by atomic mass is 10.2.